The summed E-state index contributed by atoms with van der Waals surface area (Å²) in [6, 6.07) is 0. The van der Waals surface area contributed by atoms with Gasteiger partial charge in [0, 0.05) is 6.54 Å². The van der Waals surface area contributed by atoms with Crippen molar-refractivity contribution in [3.05, 3.63) is 12.0 Å². The minimum atomic E-state index is -0.520. The Kier molecular flexibility index (Phi) is 4.23. The molecule has 0 amide bonds. The van der Waals surface area contributed by atoms with E-state index in [-0.39, 0.29) is 17.9 Å². The van der Waals surface area contributed by atoms with E-state index >= 15 is 0 Å². The Morgan fingerprint density at radius 3 is 3.00 bits per heavy atom. The zero-order valence-electron chi connectivity index (χ0n) is 8.83. The number of nitrogens with one attached hydrogen (secondary N) is 1. The summed E-state index contributed by atoms with van der Waals surface area (Å²) < 4.78 is 18.3. The summed E-state index contributed by atoms with van der Waals surface area (Å²) >= 11 is 0. The summed E-state index contributed by atoms with van der Waals surface area (Å²) in [4.78, 5) is 7.23. The van der Waals surface area contributed by atoms with Gasteiger partial charge in [-0.05, 0) is 13.8 Å². The first-order chi connectivity index (χ1) is 7.09. The molecule has 0 bridgehead atoms. The third-order valence-corrected chi connectivity index (χ3v) is 1.61. The van der Waals surface area contributed by atoms with E-state index in [0.717, 1.165) is 6.20 Å². The number of rotatable bonds is 5. The Bertz CT molecular complexity index is 319. The molecule has 15 heavy (non-hydrogen) atoms. The second kappa shape index (κ2) is 5.45. The Morgan fingerprint density at radius 1 is 1.60 bits per heavy atom. The monoisotopic (exact) mass is 214 g/mol. The second-order valence-electron chi connectivity index (χ2n) is 3.27. The molecule has 5 nitrogen and oxygen atoms in total. The van der Waals surface area contributed by atoms with Crippen LogP contribution in [0.5, 0.6) is 0 Å². The van der Waals surface area contributed by atoms with Crippen LogP contribution in [0.3, 0.4) is 0 Å². The molecule has 0 fully saturated rings. The van der Waals surface area contributed by atoms with Gasteiger partial charge in [-0.25, -0.2) is 9.37 Å². The smallest absolute Gasteiger partial charge is 0.222 e. The van der Waals surface area contributed by atoms with Gasteiger partial charge < -0.3 is 15.8 Å². The van der Waals surface area contributed by atoms with Gasteiger partial charge in [0.2, 0.25) is 5.95 Å². The third-order valence-electron chi connectivity index (χ3n) is 1.61. The number of ether oxygens (including phenoxy) is 1. The number of hydrogen-bond donors (Lipinski definition) is 2. The van der Waals surface area contributed by atoms with E-state index in [1.54, 1.807) is 0 Å². The SMILES string of the molecule is CC(C)OCCNc1nc(N)ncc1F. The predicted molar refractivity (Wildman–Crippen MR) is 56.0 cm³/mol. The van der Waals surface area contributed by atoms with Crippen molar-refractivity contribution in [3.8, 4) is 0 Å². The number of nitrogen functional groups attached to an aromatic ring is 1. The lowest BCUT2D eigenvalue weighted by Gasteiger charge is -2.09. The van der Waals surface area contributed by atoms with Gasteiger partial charge in [0.05, 0.1) is 18.9 Å². The van der Waals surface area contributed by atoms with Gasteiger partial charge in [-0.1, -0.05) is 0 Å². The summed E-state index contributed by atoms with van der Waals surface area (Å²) in [5, 5.41) is 2.78. The molecule has 0 radical (unpaired) electrons. The van der Waals surface area contributed by atoms with Gasteiger partial charge in [0.15, 0.2) is 11.6 Å². The third kappa shape index (κ3) is 4.07. The van der Waals surface area contributed by atoms with Crippen molar-refractivity contribution in [2.45, 2.75) is 20.0 Å². The molecule has 3 N–H and O–H groups in total. The maximum absolute atomic E-state index is 13.1. The molecule has 0 aliphatic heterocycles. The first kappa shape index (κ1) is 11.6. The zero-order chi connectivity index (χ0) is 11.3. The summed E-state index contributed by atoms with van der Waals surface area (Å²) in [5.41, 5.74) is 5.32. The molecule has 1 rings (SSSR count). The van der Waals surface area contributed by atoms with Gasteiger partial charge in [-0.15, -0.1) is 0 Å². The summed E-state index contributed by atoms with van der Waals surface area (Å²) in [6.07, 6.45) is 1.20. The standard InChI is InChI=1S/C9H15FN4O/c1-6(2)15-4-3-12-8-7(10)5-13-9(11)14-8/h5-6H,3-4H2,1-2H3,(H3,11,12,13,14). The van der Waals surface area contributed by atoms with E-state index in [2.05, 4.69) is 15.3 Å². The molecule has 0 unspecified atom stereocenters. The molecule has 1 aromatic rings. The molecular weight excluding hydrogens is 199 g/mol. The van der Waals surface area contributed by atoms with Crippen LogP contribution in [-0.2, 0) is 4.74 Å². The highest BCUT2D eigenvalue weighted by atomic mass is 19.1. The molecule has 0 aliphatic rings. The molecular formula is C9H15FN4O. The second-order valence-corrected chi connectivity index (χ2v) is 3.27. The van der Waals surface area contributed by atoms with Crippen molar-refractivity contribution in [2.75, 3.05) is 24.2 Å². The first-order valence-electron chi connectivity index (χ1n) is 4.73. The molecule has 0 saturated carbocycles. The van der Waals surface area contributed by atoms with E-state index in [9.17, 15) is 4.39 Å². The normalized spacial score (nSPS) is 10.7. The lowest BCUT2D eigenvalue weighted by atomic mass is 10.5. The van der Waals surface area contributed by atoms with Crippen molar-refractivity contribution >= 4 is 11.8 Å². The molecule has 1 heterocycles. The van der Waals surface area contributed by atoms with Crippen molar-refractivity contribution < 1.29 is 9.13 Å². The Balaban J connectivity index is 2.40. The molecule has 84 valence electrons. The van der Waals surface area contributed by atoms with Crippen LogP contribution in [0, 0.1) is 5.82 Å². The first-order valence-corrected chi connectivity index (χ1v) is 4.73. The van der Waals surface area contributed by atoms with Crippen molar-refractivity contribution in [2.24, 2.45) is 0 Å². The molecule has 0 aliphatic carbocycles. The minimum Gasteiger partial charge on any atom is -0.377 e. The van der Waals surface area contributed by atoms with Gasteiger partial charge >= 0.3 is 0 Å². The summed E-state index contributed by atoms with van der Waals surface area (Å²) in [5.74, 6) is -0.368. The highest BCUT2D eigenvalue weighted by Gasteiger charge is 2.04. The van der Waals surface area contributed by atoms with Crippen LogP contribution >= 0.6 is 0 Å². The molecule has 0 atom stereocenters. The number of nitrogens with zero attached hydrogens (tertiary/aromatic N) is 2. The molecule has 0 saturated heterocycles. The average Bonchev–Trinajstić information content (AvgIpc) is 2.17. The van der Waals surface area contributed by atoms with Crippen LogP contribution in [0.4, 0.5) is 16.2 Å². The Labute approximate surface area is 87.9 Å². The number of aromatic nitrogens is 2. The highest BCUT2D eigenvalue weighted by Crippen LogP contribution is 2.09. The average molecular weight is 214 g/mol. The van der Waals surface area contributed by atoms with Crippen LogP contribution in [0.25, 0.3) is 0 Å². The summed E-state index contributed by atoms with van der Waals surface area (Å²) in [7, 11) is 0. The van der Waals surface area contributed by atoms with Crippen LogP contribution in [0.15, 0.2) is 6.20 Å². The number of nitrogens with two attached hydrogens (primary N) is 1. The largest absolute Gasteiger partial charge is 0.377 e. The van der Waals surface area contributed by atoms with Crippen LogP contribution in [-0.4, -0.2) is 29.2 Å². The van der Waals surface area contributed by atoms with Crippen molar-refractivity contribution in [3.63, 3.8) is 0 Å². The van der Waals surface area contributed by atoms with Gasteiger partial charge in [0.25, 0.3) is 0 Å². The Morgan fingerprint density at radius 2 is 2.33 bits per heavy atom. The number of halogens is 1. The van der Waals surface area contributed by atoms with Gasteiger partial charge in [-0.3, -0.25) is 0 Å². The fraction of sp³-hybridized carbons (Fsp3) is 0.556. The molecule has 6 heteroatoms. The molecule has 1 aromatic heterocycles. The van der Waals surface area contributed by atoms with Crippen LogP contribution < -0.4 is 11.1 Å². The van der Waals surface area contributed by atoms with E-state index in [1.165, 1.54) is 0 Å². The topological polar surface area (TPSA) is 73.1 Å². The lowest BCUT2D eigenvalue weighted by Crippen LogP contribution is -2.15. The lowest BCUT2D eigenvalue weighted by molar-refractivity contribution is 0.0870. The fourth-order valence-corrected chi connectivity index (χ4v) is 0.969. The highest BCUT2D eigenvalue weighted by molar-refractivity contribution is 5.38. The van der Waals surface area contributed by atoms with Gasteiger partial charge in [0.1, 0.15) is 0 Å². The number of hydrogen-bond acceptors (Lipinski definition) is 5. The van der Waals surface area contributed by atoms with Crippen molar-refractivity contribution in [1.82, 2.24) is 9.97 Å². The van der Waals surface area contributed by atoms with E-state index in [1.807, 2.05) is 13.8 Å². The number of anilines is 2. The summed E-state index contributed by atoms with van der Waals surface area (Å²) in [6.45, 7) is 4.83. The zero-order valence-corrected chi connectivity index (χ0v) is 8.83. The van der Waals surface area contributed by atoms with E-state index in [4.69, 9.17) is 10.5 Å². The fourth-order valence-electron chi connectivity index (χ4n) is 0.969. The van der Waals surface area contributed by atoms with E-state index < -0.39 is 5.82 Å². The Hall–Kier alpha value is -1.43. The molecule has 0 aromatic carbocycles. The quantitative estimate of drug-likeness (QED) is 0.716. The van der Waals surface area contributed by atoms with Crippen LogP contribution in [0.2, 0.25) is 0 Å². The van der Waals surface area contributed by atoms with Gasteiger partial charge in [-0.2, -0.15) is 4.98 Å². The van der Waals surface area contributed by atoms with Crippen molar-refractivity contribution in [1.29, 1.82) is 0 Å². The maximum atomic E-state index is 13.1. The van der Waals surface area contributed by atoms with E-state index in [0.29, 0.717) is 13.2 Å². The maximum Gasteiger partial charge on any atom is 0.222 e. The van der Waals surface area contributed by atoms with Crippen LogP contribution in [0.1, 0.15) is 13.8 Å². The predicted octanol–water partition coefficient (Wildman–Crippen LogP) is 1.03. The molecule has 0 spiro atoms. The minimum absolute atomic E-state index is 0.0451.